The van der Waals surface area contributed by atoms with E-state index < -0.39 is 15.9 Å². The van der Waals surface area contributed by atoms with Crippen LogP contribution in [0.25, 0.3) is 0 Å². The van der Waals surface area contributed by atoms with E-state index >= 15 is 0 Å². The molecule has 0 bridgehead atoms. The maximum atomic E-state index is 12.8. The number of hydrogen-bond donors (Lipinski definition) is 2. The lowest BCUT2D eigenvalue weighted by atomic mass is 10.2. The number of thiazole rings is 1. The second-order valence-electron chi connectivity index (χ2n) is 6.96. The van der Waals surface area contributed by atoms with Gasteiger partial charge in [-0.05, 0) is 56.7 Å². The summed E-state index contributed by atoms with van der Waals surface area (Å²) in [7, 11) is -3.94. The molecule has 0 unspecified atom stereocenters. The summed E-state index contributed by atoms with van der Waals surface area (Å²) in [4.78, 5) is 18.0. The lowest BCUT2D eigenvalue weighted by Gasteiger charge is -2.12. The van der Waals surface area contributed by atoms with Crippen molar-refractivity contribution in [2.24, 2.45) is 0 Å². The number of aryl methyl sites for hydroxylation is 3. The highest BCUT2D eigenvalue weighted by Gasteiger charge is 2.19. The summed E-state index contributed by atoms with van der Waals surface area (Å²) in [5.41, 5.74) is 2.19. The van der Waals surface area contributed by atoms with Gasteiger partial charge >= 0.3 is 0 Å². The molecular weight excluding hydrogens is 477 g/mol. The van der Waals surface area contributed by atoms with E-state index in [-0.39, 0.29) is 15.5 Å². The molecule has 0 aliphatic heterocycles. The number of halogens is 2. The molecule has 1 aromatic heterocycles. The number of sulfonamides is 1. The first-order valence-corrected chi connectivity index (χ1v) is 12.4. The minimum absolute atomic E-state index is 0.0762. The van der Waals surface area contributed by atoms with Crippen LogP contribution in [0, 0.1) is 20.8 Å². The molecule has 0 aliphatic rings. The average Bonchev–Trinajstić information content (AvgIpc) is 3.01. The standard InChI is InChI=1S/C21H21Cl2N3O3S2/c1-12-4-5-15(10-19(12)23)26-31(28,29)16-6-7-18(22)17(11-16)21(27)24-9-8-20-13(2)25-14(3)30-20/h4-7,10-11,26H,8-9H2,1-3H3,(H,24,27). The van der Waals surface area contributed by atoms with Crippen molar-refractivity contribution in [2.75, 3.05) is 11.3 Å². The minimum Gasteiger partial charge on any atom is -0.352 e. The highest BCUT2D eigenvalue weighted by atomic mass is 35.5. The summed E-state index contributed by atoms with van der Waals surface area (Å²) >= 11 is 13.8. The molecule has 0 fully saturated rings. The molecule has 0 atom stereocenters. The van der Waals surface area contributed by atoms with Crippen molar-refractivity contribution >= 4 is 56.2 Å². The molecule has 6 nitrogen and oxygen atoms in total. The Labute approximate surface area is 195 Å². The Morgan fingerprint density at radius 2 is 1.81 bits per heavy atom. The molecular formula is C21H21Cl2N3O3S2. The van der Waals surface area contributed by atoms with Crippen molar-refractivity contribution in [3.05, 3.63) is 73.1 Å². The van der Waals surface area contributed by atoms with Gasteiger partial charge in [0.25, 0.3) is 15.9 Å². The molecule has 10 heteroatoms. The van der Waals surface area contributed by atoms with E-state index in [1.54, 1.807) is 23.5 Å². The second-order valence-corrected chi connectivity index (χ2v) is 10.7. The van der Waals surface area contributed by atoms with Crippen molar-refractivity contribution in [3.8, 4) is 0 Å². The number of carbonyl (C=O) groups is 1. The van der Waals surface area contributed by atoms with E-state index in [1.165, 1.54) is 24.3 Å². The van der Waals surface area contributed by atoms with Crippen LogP contribution >= 0.6 is 34.5 Å². The summed E-state index contributed by atoms with van der Waals surface area (Å²) in [5, 5.41) is 4.38. The number of nitrogens with one attached hydrogen (secondary N) is 2. The highest BCUT2D eigenvalue weighted by molar-refractivity contribution is 7.92. The van der Waals surface area contributed by atoms with Crippen molar-refractivity contribution < 1.29 is 13.2 Å². The lowest BCUT2D eigenvalue weighted by Crippen LogP contribution is -2.26. The Morgan fingerprint density at radius 3 is 2.45 bits per heavy atom. The van der Waals surface area contributed by atoms with E-state index in [4.69, 9.17) is 23.2 Å². The van der Waals surface area contributed by atoms with Crippen LogP contribution in [0.4, 0.5) is 5.69 Å². The Balaban J connectivity index is 1.74. The molecule has 0 saturated carbocycles. The maximum absolute atomic E-state index is 12.8. The first-order chi connectivity index (χ1) is 14.6. The van der Waals surface area contributed by atoms with Crippen LogP contribution in [0.2, 0.25) is 10.0 Å². The molecule has 0 radical (unpaired) electrons. The van der Waals surface area contributed by atoms with Gasteiger partial charge in [-0.3, -0.25) is 9.52 Å². The SMILES string of the molecule is Cc1nc(C)c(CCNC(=O)c2cc(S(=O)(=O)Nc3ccc(C)c(Cl)c3)ccc2Cl)s1. The van der Waals surface area contributed by atoms with Gasteiger partial charge in [0.1, 0.15) is 0 Å². The number of amides is 1. The topological polar surface area (TPSA) is 88.2 Å². The molecule has 1 amide bonds. The fourth-order valence-corrected chi connectivity index (χ4v) is 5.30. The fraction of sp³-hybridized carbons (Fsp3) is 0.238. The van der Waals surface area contributed by atoms with Crippen LogP contribution in [0.1, 0.15) is 31.5 Å². The van der Waals surface area contributed by atoms with Gasteiger partial charge in [-0.1, -0.05) is 29.3 Å². The Hall–Kier alpha value is -2.13. The zero-order valence-corrected chi connectivity index (χ0v) is 20.3. The van der Waals surface area contributed by atoms with Crippen molar-refractivity contribution in [1.29, 1.82) is 0 Å². The van der Waals surface area contributed by atoms with E-state index in [2.05, 4.69) is 15.0 Å². The van der Waals surface area contributed by atoms with Crippen LogP contribution in [0.5, 0.6) is 0 Å². The summed E-state index contributed by atoms with van der Waals surface area (Å²) in [6, 6.07) is 8.86. The number of hydrogen-bond acceptors (Lipinski definition) is 5. The van der Waals surface area contributed by atoms with Gasteiger partial charge in [0.05, 0.1) is 31.9 Å². The number of nitrogens with zero attached hydrogens (tertiary/aromatic N) is 1. The van der Waals surface area contributed by atoms with Gasteiger partial charge in [0.2, 0.25) is 0 Å². The number of aromatic nitrogens is 1. The normalized spacial score (nSPS) is 11.4. The summed E-state index contributed by atoms with van der Waals surface area (Å²) in [5.74, 6) is -0.445. The third-order valence-electron chi connectivity index (χ3n) is 4.55. The molecule has 0 aliphatic carbocycles. The van der Waals surface area contributed by atoms with Crippen LogP contribution in [0.15, 0.2) is 41.3 Å². The minimum atomic E-state index is -3.94. The monoisotopic (exact) mass is 497 g/mol. The number of benzene rings is 2. The summed E-state index contributed by atoms with van der Waals surface area (Å²) in [6.07, 6.45) is 0.633. The average molecular weight is 498 g/mol. The third-order valence-corrected chi connectivity index (χ3v) is 7.80. The molecule has 0 spiro atoms. The predicted molar refractivity (Wildman–Crippen MR) is 126 cm³/mol. The zero-order chi connectivity index (χ0) is 22.8. The van der Waals surface area contributed by atoms with Crippen molar-refractivity contribution in [3.63, 3.8) is 0 Å². The van der Waals surface area contributed by atoms with E-state index in [9.17, 15) is 13.2 Å². The van der Waals surface area contributed by atoms with Crippen LogP contribution < -0.4 is 10.0 Å². The zero-order valence-electron chi connectivity index (χ0n) is 17.1. The smallest absolute Gasteiger partial charge is 0.261 e. The highest BCUT2D eigenvalue weighted by Crippen LogP contribution is 2.25. The van der Waals surface area contributed by atoms with Gasteiger partial charge in [-0.25, -0.2) is 13.4 Å². The first-order valence-electron chi connectivity index (χ1n) is 9.36. The second kappa shape index (κ2) is 9.56. The summed E-state index contributed by atoms with van der Waals surface area (Å²) in [6.45, 7) is 6.07. The van der Waals surface area contributed by atoms with Gasteiger partial charge in [-0.2, -0.15) is 0 Å². The molecule has 3 aromatic rings. The quantitative estimate of drug-likeness (QED) is 0.472. The molecule has 2 aromatic carbocycles. The molecule has 164 valence electrons. The van der Waals surface area contributed by atoms with Crippen molar-refractivity contribution in [2.45, 2.75) is 32.1 Å². The van der Waals surface area contributed by atoms with E-state index in [0.29, 0.717) is 23.7 Å². The van der Waals surface area contributed by atoms with Gasteiger partial charge in [-0.15, -0.1) is 11.3 Å². The molecule has 31 heavy (non-hydrogen) atoms. The van der Waals surface area contributed by atoms with Gasteiger partial charge in [0, 0.05) is 22.9 Å². The molecule has 0 saturated heterocycles. The number of anilines is 1. The van der Waals surface area contributed by atoms with Gasteiger partial charge in [0.15, 0.2) is 0 Å². The molecule has 2 N–H and O–H groups in total. The Morgan fingerprint density at radius 1 is 1.06 bits per heavy atom. The summed E-state index contributed by atoms with van der Waals surface area (Å²) < 4.78 is 28.0. The number of carbonyl (C=O) groups excluding carboxylic acids is 1. The fourth-order valence-electron chi connectivity index (χ4n) is 2.91. The third kappa shape index (κ3) is 5.77. The maximum Gasteiger partial charge on any atom is 0.261 e. The van der Waals surface area contributed by atoms with Crippen molar-refractivity contribution in [1.82, 2.24) is 10.3 Å². The van der Waals surface area contributed by atoms with Crippen LogP contribution in [-0.4, -0.2) is 25.9 Å². The van der Waals surface area contributed by atoms with Crippen LogP contribution in [0.3, 0.4) is 0 Å². The van der Waals surface area contributed by atoms with E-state index in [1.807, 2.05) is 20.8 Å². The molecule has 1 heterocycles. The van der Waals surface area contributed by atoms with E-state index in [0.717, 1.165) is 21.1 Å². The Bertz CT molecular complexity index is 1240. The largest absolute Gasteiger partial charge is 0.352 e. The first kappa shape index (κ1) is 23.5. The predicted octanol–water partition coefficient (Wildman–Crippen LogP) is 5.15. The Kier molecular flexibility index (Phi) is 7.26. The number of rotatable bonds is 7. The van der Waals surface area contributed by atoms with Gasteiger partial charge < -0.3 is 5.32 Å². The lowest BCUT2D eigenvalue weighted by molar-refractivity contribution is 0.0954. The molecule has 3 rings (SSSR count). The van der Waals surface area contributed by atoms with Crippen LogP contribution in [-0.2, 0) is 16.4 Å².